The van der Waals surface area contributed by atoms with Gasteiger partial charge >= 0.3 is 5.97 Å². The number of aliphatic carboxylic acids is 1. The van der Waals surface area contributed by atoms with E-state index >= 15 is 0 Å². The number of carbonyl (C=O) groups is 1. The molecule has 1 rings (SSSR count). The van der Waals surface area contributed by atoms with E-state index in [1.54, 1.807) is 19.2 Å². The van der Waals surface area contributed by atoms with Gasteiger partial charge in [-0.15, -0.1) is 0 Å². The van der Waals surface area contributed by atoms with E-state index in [9.17, 15) is 4.79 Å². The van der Waals surface area contributed by atoms with Gasteiger partial charge in [0.15, 0.2) is 0 Å². The first-order valence-electron chi connectivity index (χ1n) is 5.32. The SMILES string of the molecule is COc1ccc(NCC(C)CC(=O)O)cc1Cl. The van der Waals surface area contributed by atoms with Crippen LogP contribution in [0.4, 0.5) is 5.69 Å². The van der Waals surface area contributed by atoms with Crippen LogP contribution in [0.5, 0.6) is 5.75 Å². The molecule has 1 atom stereocenters. The predicted octanol–water partition coefficient (Wildman–Crippen LogP) is 2.87. The first kappa shape index (κ1) is 13.6. The second-order valence-electron chi connectivity index (χ2n) is 3.93. The average Bonchev–Trinajstić information content (AvgIpc) is 2.25. The molecule has 17 heavy (non-hydrogen) atoms. The summed E-state index contributed by atoms with van der Waals surface area (Å²) in [4.78, 5) is 10.5. The largest absolute Gasteiger partial charge is 0.495 e. The number of ether oxygens (including phenoxy) is 1. The van der Waals surface area contributed by atoms with E-state index in [0.29, 0.717) is 17.3 Å². The minimum atomic E-state index is -0.785. The topological polar surface area (TPSA) is 58.6 Å². The molecule has 0 radical (unpaired) electrons. The number of anilines is 1. The molecule has 1 unspecified atom stereocenters. The van der Waals surface area contributed by atoms with E-state index in [-0.39, 0.29) is 12.3 Å². The Morgan fingerprint density at radius 3 is 2.82 bits per heavy atom. The summed E-state index contributed by atoms with van der Waals surface area (Å²) in [6.07, 6.45) is 0.150. The Kier molecular flexibility index (Phi) is 5.10. The van der Waals surface area contributed by atoms with Crippen LogP contribution in [0, 0.1) is 5.92 Å². The molecule has 4 nitrogen and oxygen atoms in total. The molecule has 0 heterocycles. The van der Waals surface area contributed by atoms with Crippen LogP contribution in [0.3, 0.4) is 0 Å². The molecule has 0 aromatic heterocycles. The lowest BCUT2D eigenvalue weighted by Gasteiger charge is -2.12. The normalized spacial score (nSPS) is 11.9. The van der Waals surface area contributed by atoms with Crippen molar-refractivity contribution in [3.63, 3.8) is 0 Å². The molecular formula is C12H16ClNO3. The summed E-state index contributed by atoms with van der Waals surface area (Å²) in [6, 6.07) is 5.37. The Bertz CT molecular complexity index is 395. The van der Waals surface area contributed by atoms with Gasteiger partial charge in [0.2, 0.25) is 0 Å². The quantitative estimate of drug-likeness (QED) is 0.823. The Hall–Kier alpha value is -1.42. The molecule has 1 aromatic rings. The lowest BCUT2D eigenvalue weighted by atomic mass is 10.1. The first-order valence-corrected chi connectivity index (χ1v) is 5.70. The molecule has 0 aliphatic carbocycles. The predicted molar refractivity (Wildman–Crippen MR) is 67.9 cm³/mol. The minimum Gasteiger partial charge on any atom is -0.495 e. The van der Waals surface area contributed by atoms with Gasteiger partial charge in [0.05, 0.1) is 12.1 Å². The molecule has 0 aliphatic heterocycles. The molecule has 0 saturated heterocycles. The molecule has 2 N–H and O–H groups in total. The third kappa shape index (κ3) is 4.53. The zero-order valence-corrected chi connectivity index (χ0v) is 10.6. The molecule has 0 amide bonds. The Balaban J connectivity index is 2.52. The van der Waals surface area contributed by atoms with Crippen LogP contribution in [-0.2, 0) is 4.79 Å². The molecule has 94 valence electrons. The molecule has 0 spiro atoms. The number of hydrogen-bond donors (Lipinski definition) is 2. The highest BCUT2D eigenvalue weighted by molar-refractivity contribution is 6.32. The molecule has 0 aliphatic rings. The fourth-order valence-corrected chi connectivity index (χ4v) is 1.70. The van der Waals surface area contributed by atoms with Crippen LogP contribution in [-0.4, -0.2) is 24.7 Å². The second kappa shape index (κ2) is 6.35. The molecule has 0 bridgehead atoms. The van der Waals surface area contributed by atoms with E-state index in [1.165, 1.54) is 0 Å². The fourth-order valence-electron chi connectivity index (χ4n) is 1.44. The molecular weight excluding hydrogens is 242 g/mol. The highest BCUT2D eigenvalue weighted by atomic mass is 35.5. The van der Waals surface area contributed by atoms with Crippen LogP contribution >= 0.6 is 11.6 Å². The van der Waals surface area contributed by atoms with Gasteiger partial charge < -0.3 is 15.2 Å². The van der Waals surface area contributed by atoms with Gasteiger partial charge in [0.1, 0.15) is 5.75 Å². The number of hydrogen-bond acceptors (Lipinski definition) is 3. The van der Waals surface area contributed by atoms with Crippen molar-refractivity contribution in [3.05, 3.63) is 23.2 Å². The zero-order chi connectivity index (χ0) is 12.8. The number of methoxy groups -OCH3 is 1. The summed E-state index contributed by atoms with van der Waals surface area (Å²) >= 11 is 5.97. The highest BCUT2D eigenvalue weighted by Crippen LogP contribution is 2.27. The van der Waals surface area contributed by atoms with Crippen LogP contribution in [0.1, 0.15) is 13.3 Å². The summed E-state index contributed by atoms with van der Waals surface area (Å²) in [5, 5.41) is 12.3. The van der Waals surface area contributed by atoms with Crippen LogP contribution in [0.25, 0.3) is 0 Å². The van der Waals surface area contributed by atoms with Gasteiger partial charge in [0, 0.05) is 18.7 Å². The maximum Gasteiger partial charge on any atom is 0.303 e. The average molecular weight is 258 g/mol. The van der Waals surface area contributed by atoms with Crippen LogP contribution < -0.4 is 10.1 Å². The summed E-state index contributed by atoms with van der Waals surface area (Å²) in [6.45, 7) is 2.47. The van der Waals surface area contributed by atoms with Crippen LogP contribution in [0.15, 0.2) is 18.2 Å². The fraction of sp³-hybridized carbons (Fsp3) is 0.417. The van der Waals surface area contributed by atoms with E-state index in [2.05, 4.69) is 5.32 Å². The first-order chi connectivity index (χ1) is 8.02. The van der Waals surface area contributed by atoms with E-state index in [4.69, 9.17) is 21.4 Å². The standard InChI is InChI=1S/C12H16ClNO3/c1-8(5-12(15)16)7-14-9-3-4-11(17-2)10(13)6-9/h3-4,6,8,14H,5,7H2,1-2H3,(H,15,16). The zero-order valence-electron chi connectivity index (χ0n) is 9.87. The van der Waals surface area contributed by atoms with Gasteiger partial charge in [-0.2, -0.15) is 0 Å². The third-order valence-electron chi connectivity index (χ3n) is 2.33. The number of benzene rings is 1. The van der Waals surface area contributed by atoms with Crippen molar-refractivity contribution >= 4 is 23.3 Å². The molecule has 0 saturated carbocycles. The summed E-state index contributed by atoms with van der Waals surface area (Å²) < 4.78 is 5.04. The van der Waals surface area contributed by atoms with Gasteiger partial charge in [0.25, 0.3) is 0 Å². The van der Waals surface area contributed by atoms with Crippen LogP contribution in [0.2, 0.25) is 5.02 Å². The number of carboxylic acids is 1. The van der Waals surface area contributed by atoms with Crippen molar-refractivity contribution in [3.8, 4) is 5.75 Å². The van der Waals surface area contributed by atoms with E-state index in [1.807, 2.05) is 13.0 Å². The Morgan fingerprint density at radius 1 is 1.59 bits per heavy atom. The van der Waals surface area contributed by atoms with Gasteiger partial charge in [-0.05, 0) is 24.1 Å². The number of rotatable bonds is 6. The van der Waals surface area contributed by atoms with Gasteiger partial charge in [-0.25, -0.2) is 0 Å². The van der Waals surface area contributed by atoms with E-state index < -0.39 is 5.97 Å². The van der Waals surface area contributed by atoms with Crippen molar-refractivity contribution in [1.29, 1.82) is 0 Å². The van der Waals surface area contributed by atoms with Crippen molar-refractivity contribution in [2.75, 3.05) is 19.0 Å². The van der Waals surface area contributed by atoms with Gasteiger partial charge in [-0.3, -0.25) is 4.79 Å². The van der Waals surface area contributed by atoms with E-state index in [0.717, 1.165) is 5.69 Å². The van der Waals surface area contributed by atoms with Crippen molar-refractivity contribution in [2.45, 2.75) is 13.3 Å². The number of halogens is 1. The highest BCUT2D eigenvalue weighted by Gasteiger charge is 2.08. The monoisotopic (exact) mass is 257 g/mol. The molecule has 0 fully saturated rings. The van der Waals surface area contributed by atoms with Crippen molar-refractivity contribution in [2.24, 2.45) is 5.92 Å². The summed E-state index contributed by atoms with van der Waals surface area (Å²) in [7, 11) is 1.56. The lowest BCUT2D eigenvalue weighted by molar-refractivity contribution is -0.137. The lowest BCUT2D eigenvalue weighted by Crippen LogP contribution is -2.14. The minimum absolute atomic E-state index is 0.0633. The maximum absolute atomic E-state index is 10.5. The Morgan fingerprint density at radius 2 is 2.29 bits per heavy atom. The summed E-state index contributed by atoms with van der Waals surface area (Å²) in [5.41, 5.74) is 0.855. The molecule has 5 heteroatoms. The Labute approximate surface area is 106 Å². The van der Waals surface area contributed by atoms with Crippen molar-refractivity contribution in [1.82, 2.24) is 0 Å². The number of nitrogens with one attached hydrogen (secondary N) is 1. The smallest absolute Gasteiger partial charge is 0.303 e. The number of carboxylic acid groups (broad SMARTS) is 1. The second-order valence-corrected chi connectivity index (χ2v) is 4.34. The molecule has 1 aromatic carbocycles. The van der Waals surface area contributed by atoms with Gasteiger partial charge in [-0.1, -0.05) is 18.5 Å². The third-order valence-corrected chi connectivity index (χ3v) is 2.62. The summed E-state index contributed by atoms with van der Waals surface area (Å²) in [5.74, 6) is -0.101. The van der Waals surface area contributed by atoms with Crippen molar-refractivity contribution < 1.29 is 14.6 Å². The maximum atomic E-state index is 10.5.